The van der Waals surface area contributed by atoms with E-state index in [1.54, 1.807) is 121 Å². The summed E-state index contributed by atoms with van der Waals surface area (Å²) in [5.41, 5.74) is 4.29. The van der Waals surface area contributed by atoms with Crippen molar-refractivity contribution in [3.63, 3.8) is 0 Å². The first kappa shape index (κ1) is 46.9. The highest BCUT2D eigenvalue weighted by atomic mass is 31.3. The van der Waals surface area contributed by atoms with Crippen molar-refractivity contribution in [3.05, 3.63) is 221 Å². The van der Waals surface area contributed by atoms with Crippen molar-refractivity contribution in [1.29, 1.82) is 0 Å². The zero-order valence-corrected chi connectivity index (χ0v) is 39.5. The smallest absolute Gasteiger partial charge is 0.443 e. The predicted molar refractivity (Wildman–Crippen MR) is 266 cm³/mol. The third kappa shape index (κ3) is 10.7. The van der Waals surface area contributed by atoms with Crippen molar-refractivity contribution in [3.8, 4) is 28.7 Å². The summed E-state index contributed by atoms with van der Waals surface area (Å²) in [6, 6.07) is 50.1. The average Bonchev–Trinajstić information content (AvgIpc) is 3.65. The van der Waals surface area contributed by atoms with Crippen LogP contribution in [0.15, 0.2) is 196 Å². The van der Waals surface area contributed by atoms with Gasteiger partial charge in [0.15, 0.2) is 0 Å². The van der Waals surface area contributed by atoms with Gasteiger partial charge in [-0.1, -0.05) is 77.3 Å². The van der Waals surface area contributed by atoms with E-state index in [4.69, 9.17) is 36.2 Å². The van der Waals surface area contributed by atoms with E-state index in [2.05, 4.69) is 0 Å². The van der Waals surface area contributed by atoms with Crippen LogP contribution in [-0.2, 0) is 16.0 Å². The van der Waals surface area contributed by atoms with Crippen LogP contribution in [0.1, 0.15) is 58.1 Å². The topological polar surface area (TPSA) is 189 Å². The quantitative estimate of drug-likeness (QED) is 0.0426. The fourth-order valence-corrected chi connectivity index (χ4v) is 15.2. The van der Waals surface area contributed by atoms with Gasteiger partial charge in [0.1, 0.15) is 53.9 Å². The summed E-state index contributed by atoms with van der Waals surface area (Å²) >= 11 is 0. The van der Waals surface area contributed by atoms with E-state index < -0.39 is 23.4 Å². The van der Waals surface area contributed by atoms with Gasteiger partial charge in [0, 0.05) is 28.8 Å². The third-order valence-electron chi connectivity index (χ3n) is 10.7. The molecule has 0 spiro atoms. The molecule has 348 valence electrons. The lowest BCUT2D eigenvalue weighted by atomic mass is 9.96. The van der Waals surface area contributed by atoms with Crippen LogP contribution >= 0.6 is 23.4 Å². The molecule has 0 N–H and O–H groups in total. The van der Waals surface area contributed by atoms with Crippen LogP contribution in [0.3, 0.4) is 0 Å². The Balaban J connectivity index is 1.10. The molecule has 0 bridgehead atoms. The molecule has 2 unspecified atom stereocenters. The Morgan fingerprint density at radius 3 is 1.19 bits per heavy atom. The van der Waals surface area contributed by atoms with Crippen LogP contribution in [0.4, 0.5) is 0 Å². The van der Waals surface area contributed by atoms with Gasteiger partial charge in [-0.3, -0.25) is 33.7 Å². The zero-order chi connectivity index (χ0) is 48.5. The van der Waals surface area contributed by atoms with Crippen LogP contribution in [0.25, 0.3) is 11.1 Å². The lowest BCUT2D eigenvalue weighted by molar-refractivity contribution is -0.135. The van der Waals surface area contributed by atoms with Gasteiger partial charge in [-0.2, -0.15) is 0 Å². The lowest BCUT2D eigenvalue weighted by Gasteiger charge is -2.30. The molecule has 18 heteroatoms. The summed E-state index contributed by atoms with van der Waals surface area (Å²) in [7, 11) is -11.1. The number of carbonyl (C=O) groups excluding carboxylic acids is 6. The van der Waals surface area contributed by atoms with Crippen molar-refractivity contribution in [1.82, 2.24) is 4.90 Å². The van der Waals surface area contributed by atoms with Crippen molar-refractivity contribution in [2.24, 2.45) is 13.5 Å². The molecule has 70 heavy (non-hydrogen) atoms. The molecule has 7 aromatic rings. The van der Waals surface area contributed by atoms with E-state index in [1.165, 1.54) is 4.90 Å². The first-order valence-corrected chi connectivity index (χ1v) is 25.9. The summed E-state index contributed by atoms with van der Waals surface area (Å²) in [6.07, 6.45) is 3.06. The molecule has 0 radical (unpaired) electrons. The van der Waals surface area contributed by atoms with Crippen molar-refractivity contribution in [2.75, 3.05) is 6.54 Å². The van der Waals surface area contributed by atoms with Crippen LogP contribution in [0.2, 0.25) is 0 Å². The number of imide groups is 1. The maximum absolute atomic E-state index is 14.0. The Bertz CT molecular complexity index is 3180. The molecule has 0 aromatic heterocycles. The van der Waals surface area contributed by atoms with Crippen LogP contribution in [0, 0.1) is 0 Å². The van der Waals surface area contributed by atoms with Crippen molar-refractivity contribution < 1.29 is 51.4 Å². The van der Waals surface area contributed by atoms with E-state index in [0.29, 0.717) is 81.8 Å². The van der Waals surface area contributed by atoms with Crippen LogP contribution in [0.5, 0.6) is 28.7 Å². The average molecular weight is 989 g/mol. The normalized spacial score (nSPS) is 17.0. The Hall–Kier alpha value is -8.21. The number of nitrogens with zero attached hydrogens (tertiary/aromatic N) is 4. The highest BCUT2D eigenvalue weighted by molar-refractivity contribution is 7.75. The summed E-state index contributed by atoms with van der Waals surface area (Å²) in [5.74, 6) is 0.399. The highest BCUT2D eigenvalue weighted by Gasteiger charge is 2.42. The summed E-state index contributed by atoms with van der Waals surface area (Å²) in [5, 5.41) is 0. The fourth-order valence-electron chi connectivity index (χ4n) is 7.22. The molecule has 0 saturated heterocycles. The fraction of sp³-hybridized carbons (Fsp3) is 0.0385. The summed E-state index contributed by atoms with van der Waals surface area (Å²) in [4.78, 5) is 75.8. The minimum absolute atomic E-state index is 0.0911. The second kappa shape index (κ2) is 21.0. The Labute approximate surface area is 402 Å². The number of amides is 2. The van der Waals surface area contributed by atoms with E-state index in [-0.39, 0.29) is 41.4 Å². The number of hydrogen-bond donors (Lipinski definition) is 0. The van der Waals surface area contributed by atoms with E-state index in [9.17, 15) is 28.8 Å². The van der Waals surface area contributed by atoms with Crippen LogP contribution in [-0.4, -0.2) is 48.4 Å². The largest absolute Gasteiger partial charge is 0.457 e. The molecule has 7 aromatic carbocycles. The molecule has 0 saturated carbocycles. The Morgan fingerprint density at radius 2 is 0.800 bits per heavy atom. The van der Waals surface area contributed by atoms with Gasteiger partial charge in [-0.15, -0.1) is 9.03 Å². The van der Waals surface area contributed by atoms with Gasteiger partial charge in [0.2, 0.25) is 0 Å². The van der Waals surface area contributed by atoms with E-state index in [0.717, 1.165) is 5.56 Å². The molecule has 9 rings (SSSR count). The van der Waals surface area contributed by atoms with Gasteiger partial charge >= 0.3 is 15.3 Å². The molecule has 0 aliphatic carbocycles. The first-order valence-electron chi connectivity index (χ1n) is 21.5. The number of aldehydes is 4. The molecule has 2 aliphatic rings. The number of carbonyl (C=O) groups is 6. The SMILES string of the molecule is O=Cc1ccc(O[PH]2=NP(Oc3ccc(C=O)cc3)(Oc3ccc(C=O)cc3)=NP(Oc3ccc(C=O)cc3)(Oc3ccc(CCN4C(=O)C(c5ccccc5)=C(c5ccccc5)C4=O)cc3)=N2)cc1. The monoisotopic (exact) mass is 988 g/mol. The van der Waals surface area contributed by atoms with E-state index in [1.807, 2.05) is 60.7 Å². The number of rotatable bonds is 19. The zero-order valence-electron chi connectivity index (χ0n) is 36.7. The van der Waals surface area contributed by atoms with Crippen molar-refractivity contribution in [2.45, 2.75) is 6.42 Å². The number of benzene rings is 7. The molecule has 2 amide bonds. The van der Waals surface area contributed by atoms with Gasteiger partial charge in [0.25, 0.3) is 19.9 Å². The highest BCUT2D eigenvalue weighted by Crippen LogP contribution is 2.73. The maximum Gasteiger partial charge on any atom is 0.457 e. The Kier molecular flexibility index (Phi) is 14.0. The summed E-state index contributed by atoms with van der Waals surface area (Å²) < 4.78 is 48.1. The van der Waals surface area contributed by atoms with Crippen molar-refractivity contribution >= 4 is 71.5 Å². The minimum atomic E-state index is -4.11. The molecular weight excluding hydrogens is 950 g/mol. The first-order chi connectivity index (χ1) is 34.2. The number of hydrogen-bond acceptors (Lipinski definition) is 14. The third-order valence-corrected chi connectivity index (χ3v) is 18.1. The second-order valence-corrected chi connectivity index (χ2v) is 21.2. The van der Waals surface area contributed by atoms with Gasteiger partial charge in [-0.25, -0.2) is 0 Å². The molecule has 2 aliphatic heterocycles. The van der Waals surface area contributed by atoms with E-state index >= 15 is 0 Å². The lowest BCUT2D eigenvalue weighted by Crippen LogP contribution is -2.33. The minimum Gasteiger partial charge on any atom is -0.443 e. The molecule has 2 atom stereocenters. The molecular formula is C52H39N4O11P3. The predicted octanol–water partition coefficient (Wildman–Crippen LogP) is 12.3. The molecule has 0 fully saturated rings. The maximum atomic E-state index is 14.0. The van der Waals surface area contributed by atoms with Crippen LogP contribution < -0.4 is 22.6 Å². The summed E-state index contributed by atoms with van der Waals surface area (Å²) in [6.45, 7) is 0.0911. The standard InChI is InChI=1S/C52H39N4O11P3/c57-33-38-13-21-44(22-14-38)63-68-53-69(65-46-25-15-39(34-58)16-26-46,55-70(54-68,66-47-27-17-40(35-59)18-28-47)67-48-29-19-41(36-60)20-30-48)64-45-23-11-37(12-24-45)31-32-56-51(61)49(42-7-3-1-4-8-42)50(52(56)62)43-9-5-2-6-10-43/h1-30,33-36,68H,31-32H2. The van der Waals surface area contributed by atoms with Gasteiger partial charge in [0.05, 0.1) is 11.1 Å². The molecule has 15 nitrogen and oxygen atoms in total. The van der Waals surface area contributed by atoms with Gasteiger partial charge in [-0.05, 0) is 132 Å². The Morgan fingerprint density at radius 1 is 0.443 bits per heavy atom. The molecule has 2 heterocycles. The second-order valence-electron chi connectivity index (χ2n) is 15.4. The van der Waals surface area contributed by atoms with Gasteiger partial charge < -0.3 is 22.6 Å².